The van der Waals surface area contributed by atoms with Crippen molar-refractivity contribution in [3.05, 3.63) is 128 Å². The minimum Gasteiger partial charge on any atom is -0.320 e. The molecule has 1 aliphatic heterocycles. The van der Waals surface area contributed by atoms with Crippen molar-refractivity contribution in [1.29, 1.82) is 0 Å². The maximum atomic E-state index is 6.30. The molecule has 0 N–H and O–H groups in total. The smallest absolute Gasteiger partial charge is 0.146 e. The predicted octanol–water partition coefficient (Wildman–Crippen LogP) is 9.75. The summed E-state index contributed by atoms with van der Waals surface area (Å²) in [6.45, 7) is 4.22. The third-order valence-electron chi connectivity index (χ3n) is 6.67. The molecule has 4 aromatic rings. The van der Waals surface area contributed by atoms with E-state index in [2.05, 4.69) is 39.9 Å². The van der Waals surface area contributed by atoms with Gasteiger partial charge in [-0.2, -0.15) is 0 Å². The monoisotopic (exact) mass is 609 g/mol. The fourth-order valence-corrected chi connectivity index (χ4v) is 5.47. The predicted molar refractivity (Wildman–Crippen MR) is 161 cm³/mol. The van der Waals surface area contributed by atoms with Crippen molar-refractivity contribution in [1.82, 2.24) is 0 Å². The Kier molecular flexibility index (Phi) is 7.46. The molecule has 0 amide bonds. The minimum atomic E-state index is -0.785. The lowest BCUT2D eigenvalue weighted by molar-refractivity contribution is 0.528. The Bertz CT molecular complexity index is 1470. The van der Waals surface area contributed by atoms with Gasteiger partial charge in [-0.25, -0.2) is 4.99 Å². The van der Waals surface area contributed by atoms with E-state index in [4.69, 9.17) is 44.8 Å². The Morgan fingerprint density at radius 2 is 1.30 bits per heavy atom. The van der Waals surface area contributed by atoms with Gasteiger partial charge in [0, 0.05) is 36.5 Å². The maximum absolute atomic E-state index is 6.30. The van der Waals surface area contributed by atoms with Crippen LogP contribution in [0.5, 0.6) is 0 Å². The first kappa shape index (κ1) is 26.0. The summed E-state index contributed by atoms with van der Waals surface area (Å²) in [5.74, 6) is 0.840. The van der Waals surface area contributed by atoms with Gasteiger partial charge >= 0.3 is 0 Å². The van der Waals surface area contributed by atoms with E-state index in [0.717, 1.165) is 38.5 Å². The molecule has 7 heteroatoms. The highest BCUT2D eigenvalue weighted by atomic mass is 79.9. The van der Waals surface area contributed by atoms with Gasteiger partial charge in [-0.05, 0) is 104 Å². The molecule has 186 valence electrons. The van der Waals surface area contributed by atoms with Crippen molar-refractivity contribution in [2.45, 2.75) is 25.4 Å². The highest BCUT2D eigenvalue weighted by molar-refractivity contribution is 9.10. The molecule has 2 atom stereocenters. The lowest BCUT2D eigenvalue weighted by atomic mass is 9.80. The molecule has 0 radical (unpaired) electrons. The second kappa shape index (κ2) is 10.6. The molecule has 0 spiro atoms. The van der Waals surface area contributed by atoms with E-state index in [9.17, 15) is 0 Å². The lowest BCUT2D eigenvalue weighted by Crippen LogP contribution is -2.47. The van der Waals surface area contributed by atoms with Gasteiger partial charge < -0.3 is 4.90 Å². The number of rotatable bonds is 5. The highest BCUT2D eigenvalue weighted by Gasteiger charge is 2.50. The summed E-state index contributed by atoms with van der Waals surface area (Å²) in [6, 6.07) is 31.3. The van der Waals surface area contributed by atoms with E-state index in [0.29, 0.717) is 15.1 Å². The molecule has 0 aliphatic carbocycles. The molecular formula is C30H23BrCl3N3. The number of halogens is 4. The van der Waals surface area contributed by atoms with E-state index in [-0.39, 0.29) is 6.04 Å². The minimum absolute atomic E-state index is 0.114. The maximum Gasteiger partial charge on any atom is 0.146 e. The van der Waals surface area contributed by atoms with E-state index in [1.165, 1.54) is 0 Å². The number of anilines is 1. The Balaban J connectivity index is 1.76. The van der Waals surface area contributed by atoms with Crippen LogP contribution < -0.4 is 4.90 Å². The normalized spacial score (nSPS) is 19.7. The Labute approximate surface area is 240 Å². The average molecular weight is 612 g/mol. The molecule has 3 nitrogen and oxygen atoms in total. The topological polar surface area (TPSA) is 28.0 Å². The third kappa shape index (κ3) is 5.08. The van der Waals surface area contributed by atoms with Gasteiger partial charge in [0.15, 0.2) is 0 Å². The van der Waals surface area contributed by atoms with Crippen LogP contribution in [0.4, 0.5) is 11.4 Å². The molecule has 2 unspecified atom stereocenters. The molecule has 0 saturated heterocycles. The van der Waals surface area contributed by atoms with Crippen LogP contribution in [0, 0.1) is 0 Å². The second-order valence-electron chi connectivity index (χ2n) is 8.91. The molecular weight excluding hydrogens is 589 g/mol. The number of hydrogen-bond donors (Lipinski definition) is 0. The number of aliphatic imine (C=N–C) groups is 2. The van der Waals surface area contributed by atoms with Crippen LogP contribution in [-0.2, 0) is 5.54 Å². The van der Waals surface area contributed by atoms with Crippen molar-refractivity contribution in [3.8, 4) is 0 Å². The standard InChI is InChI=1S/C30H23BrCl3N3/c1-19(35-27-15-13-26(34)14-16-27)30(22-5-11-25(33)12-6-22)20(2)37(28-17-7-23(31)8-18-28)29(36-30)21-3-9-24(32)10-4-21/h3-18,20H,1-2H3. The van der Waals surface area contributed by atoms with Gasteiger partial charge in [0.25, 0.3) is 0 Å². The molecule has 1 aliphatic rings. The second-order valence-corrected chi connectivity index (χ2v) is 11.1. The fraction of sp³-hybridized carbons (Fsp3) is 0.133. The van der Waals surface area contributed by atoms with Crippen molar-refractivity contribution in [3.63, 3.8) is 0 Å². The van der Waals surface area contributed by atoms with Gasteiger partial charge in [0.1, 0.15) is 11.4 Å². The van der Waals surface area contributed by atoms with Gasteiger partial charge in [0.05, 0.1) is 11.7 Å². The van der Waals surface area contributed by atoms with Crippen LogP contribution in [0.2, 0.25) is 15.1 Å². The molecule has 0 saturated carbocycles. The van der Waals surface area contributed by atoms with Crippen molar-refractivity contribution >= 4 is 73.7 Å². The first-order valence-corrected chi connectivity index (χ1v) is 13.7. The summed E-state index contributed by atoms with van der Waals surface area (Å²) in [7, 11) is 0. The average Bonchev–Trinajstić information content (AvgIpc) is 3.20. The van der Waals surface area contributed by atoms with Crippen molar-refractivity contribution < 1.29 is 0 Å². The zero-order chi connectivity index (χ0) is 26.2. The van der Waals surface area contributed by atoms with Crippen LogP contribution in [0.15, 0.2) is 112 Å². The largest absolute Gasteiger partial charge is 0.320 e. The summed E-state index contributed by atoms with van der Waals surface area (Å²) < 4.78 is 1.01. The number of nitrogens with zero attached hydrogens (tertiary/aromatic N) is 3. The summed E-state index contributed by atoms with van der Waals surface area (Å²) in [6.07, 6.45) is 0. The summed E-state index contributed by atoms with van der Waals surface area (Å²) in [5.41, 5.74) is 3.88. The molecule has 1 heterocycles. The van der Waals surface area contributed by atoms with Gasteiger partial charge in [-0.15, -0.1) is 0 Å². The third-order valence-corrected chi connectivity index (χ3v) is 7.95. The summed E-state index contributed by atoms with van der Waals surface area (Å²) in [4.78, 5) is 12.8. The molecule has 0 bridgehead atoms. The van der Waals surface area contributed by atoms with Crippen molar-refractivity contribution in [2.24, 2.45) is 9.98 Å². The van der Waals surface area contributed by atoms with Gasteiger partial charge in [-0.1, -0.05) is 62.9 Å². The van der Waals surface area contributed by atoms with E-state index in [1.54, 1.807) is 0 Å². The summed E-state index contributed by atoms with van der Waals surface area (Å²) in [5, 5.41) is 2.02. The molecule has 0 aromatic heterocycles. The van der Waals surface area contributed by atoms with Crippen LogP contribution in [0.3, 0.4) is 0 Å². The van der Waals surface area contributed by atoms with E-state index < -0.39 is 5.54 Å². The van der Waals surface area contributed by atoms with Gasteiger partial charge in [-0.3, -0.25) is 4.99 Å². The van der Waals surface area contributed by atoms with E-state index in [1.807, 2.05) is 91.9 Å². The summed E-state index contributed by atoms with van der Waals surface area (Å²) >= 11 is 22.2. The fourth-order valence-electron chi connectivity index (χ4n) is 4.83. The highest BCUT2D eigenvalue weighted by Crippen LogP contribution is 2.44. The van der Waals surface area contributed by atoms with Gasteiger partial charge in [0.2, 0.25) is 0 Å². The first-order chi connectivity index (χ1) is 17.8. The number of amidine groups is 1. The van der Waals surface area contributed by atoms with Crippen LogP contribution in [0.25, 0.3) is 0 Å². The molecule has 0 fully saturated rings. The molecule has 4 aromatic carbocycles. The van der Waals surface area contributed by atoms with Crippen molar-refractivity contribution in [2.75, 3.05) is 4.90 Å². The Morgan fingerprint density at radius 3 is 1.86 bits per heavy atom. The number of hydrogen-bond acceptors (Lipinski definition) is 3. The Hall–Kier alpha value is -2.63. The van der Waals surface area contributed by atoms with Crippen LogP contribution >= 0.6 is 50.7 Å². The SMILES string of the molecule is CC(=Nc1ccc(Cl)cc1)C1(c2ccc(Cl)cc2)N=C(c2ccc(Cl)cc2)N(c2ccc(Br)cc2)C1C. The van der Waals surface area contributed by atoms with E-state index >= 15 is 0 Å². The quantitative estimate of drug-likeness (QED) is 0.207. The van der Waals surface area contributed by atoms with Crippen LogP contribution in [-0.4, -0.2) is 17.6 Å². The van der Waals surface area contributed by atoms with Crippen LogP contribution in [0.1, 0.15) is 25.0 Å². The molecule has 37 heavy (non-hydrogen) atoms. The number of benzene rings is 4. The first-order valence-electron chi connectivity index (χ1n) is 11.8. The zero-order valence-corrected chi connectivity index (χ0v) is 24.0. The lowest BCUT2D eigenvalue weighted by Gasteiger charge is -2.36. The Morgan fingerprint density at radius 1 is 0.784 bits per heavy atom. The molecule has 5 rings (SSSR count). The zero-order valence-electron chi connectivity index (χ0n) is 20.2.